The summed E-state index contributed by atoms with van der Waals surface area (Å²) < 4.78 is 9.34. The van der Waals surface area contributed by atoms with Gasteiger partial charge in [-0.2, -0.15) is 0 Å². The maximum Gasteiger partial charge on any atom is 0.339 e. The number of nitrogens with one attached hydrogen (secondary N) is 2. The molecule has 0 aliphatic carbocycles. The van der Waals surface area contributed by atoms with E-state index in [1.54, 1.807) is 48.5 Å². The molecule has 0 unspecified atom stereocenters. The van der Waals surface area contributed by atoms with Crippen molar-refractivity contribution in [3.63, 3.8) is 0 Å². The van der Waals surface area contributed by atoms with Gasteiger partial charge in [0.25, 0.3) is 0 Å². The van der Waals surface area contributed by atoms with Gasteiger partial charge in [0.05, 0.1) is 37.6 Å². The summed E-state index contributed by atoms with van der Waals surface area (Å²) in [6.45, 7) is -0.0415. The Balaban J connectivity index is 2.00. The van der Waals surface area contributed by atoms with Crippen molar-refractivity contribution in [2.24, 2.45) is 0 Å². The molecule has 0 heterocycles. The molecule has 0 bridgehead atoms. The highest BCUT2D eigenvalue weighted by Crippen LogP contribution is 2.16. The van der Waals surface area contributed by atoms with E-state index in [9.17, 15) is 14.4 Å². The summed E-state index contributed by atoms with van der Waals surface area (Å²) in [6.07, 6.45) is 0. The summed E-state index contributed by atoms with van der Waals surface area (Å²) in [7, 11) is 2.57. The van der Waals surface area contributed by atoms with Crippen molar-refractivity contribution in [2.45, 2.75) is 0 Å². The standard InChI is InChI=1S/C18H18N2O5/c1-24-17(22)12-6-5-7-13(10-12)19-11-16(21)20-15-9-4-3-8-14(15)18(23)25-2/h3-10,19H,11H2,1-2H3,(H,20,21). The summed E-state index contributed by atoms with van der Waals surface area (Å²) in [4.78, 5) is 35.3. The van der Waals surface area contributed by atoms with Crippen molar-refractivity contribution in [2.75, 3.05) is 31.4 Å². The Hall–Kier alpha value is -3.35. The van der Waals surface area contributed by atoms with Crippen molar-refractivity contribution in [3.05, 3.63) is 59.7 Å². The van der Waals surface area contributed by atoms with Crippen LogP contribution in [0.15, 0.2) is 48.5 Å². The largest absolute Gasteiger partial charge is 0.465 e. The highest BCUT2D eigenvalue weighted by molar-refractivity contribution is 6.02. The van der Waals surface area contributed by atoms with Crippen LogP contribution in [0.3, 0.4) is 0 Å². The number of hydrogen-bond acceptors (Lipinski definition) is 6. The van der Waals surface area contributed by atoms with Crippen LogP contribution >= 0.6 is 0 Å². The Morgan fingerprint density at radius 2 is 1.64 bits per heavy atom. The zero-order chi connectivity index (χ0) is 18.2. The summed E-state index contributed by atoms with van der Waals surface area (Å²) in [5, 5.41) is 5.56. The molecule has 0 aromatic heterocycles. The Morgan fingerprint density at radius 3 is 2.36 bits per heavy atom. The normalized spacial score (nSPS) is 9.84. The van der Waals surface area contributed by atoms with E-state index in [0.717, 1.165) is 0 Å². The molecule has 0 radical (unpaired) electrons. The van der Waals surface area contributed by atoms with Crippen molar-refractivity contribution < 1.29 is 23.9 Å². The molecule has 1 amide bonds. The number of esters is 2. The van der Waals surface area contributed by atoms with Gasteiger partial charge in [0.2, 0.25) is 5.91 Å². The maximum absolute atomic E-state index is 12.1. The van der Waals surface area contributed by atoms with E-state index in [1.165, 1.54) is 14.2 Å². The maximum atomic E-state index is 12.1. The molecule has 7 heteroatoms. The molecular formula is C18H18N2O5. The molecular weight excluding hydrogens is 324 g/mol. The minimum atomic E-state index is -0.533. The first-order valence-corrected chi connectivity index (χ1v) is 7.44. The van der Waals surface area contributed by atoms with E-state index in [4.69, 9.17) is 0 Å². The number of benzene rings is 2. The molecule has 2 N–H and O–H groups in total. The Bertz CT molecular complexity index is 789. The summed E-state index contributed by atoms with van der Waals surface area (Å²) >= 11 is 0. The van der Waals surface area contributed by atoms with Crippen LogP contribution in [0.5, 0.6) is 0 Å². The average molecular weight is 342 g/mol. The molecule has 0 aliphatic heterocycles. The fourth-order valence-electron chi connectivity index (χ4n) is 2.13. The zero-order valence-electron chi connectivity index (χ0n) is 13.9. The van der Waals surface area contributed by atoms with E-state index in [0.29, 0.717) is 16.9 Å². The second-order valence-corrected chi connectivity index (χ2v) is 5.01. The SMILES string of the molecule is COC(=O)c1cccc(NCC(=O)Nc2ccccc2C(=O)OC)c1. The first-order chi connectivity index (χ1) is 12.0. The molecule has 0 fully saturated rings. The molecule has 0 spiro atoms. The zero-order valence-corrected chi connectivity index (χ0v) is 13.9. The highest BCUT2D eigenvalue weighted by Gasteiger charge is 2.13. The third kappa shape index (κ3) is 4.81. The van der Waals surface area contributed by atoms with Gasteiger partial charge in [-0.1, -0.05) is 18.2 Å². The number of ether oxygens (including phenoxy) is 2. The number of carbonyl (C=O) groups excluding carboxylic acids is 3. The number of carbonyl (C=O) groups is 3. The van der Waals surface area contributed by atoms with Gasteiger partial charge in [-0.15, -0.1) is 0 Å². The smallest absolute Gasteiger partial charge is 0.339 e. The topological polar surface area (TPSA) is 93.7 Å². The predicted octanol–water partition coefficient (Wildman–Crippen LogP) is 2.31. The quantitative estimate of drug-likeness (QED) is 0.783. The van der Waals surface area contributed by atoms with Crippen LogP contribution in [-0.4, -0.2) is 38.6 Å². The van der Waals surface area contributed by atoms with Crippen LogP contribution in [-0.2, 0) is 14.3 Å². The lowest BCUT2D eigenvalue weighted by Gasteiger charge is -2.11. The van der Waals surface area contributed by atoms with Gasteiger partial charge >= 0.3 is 11.9 Å². The fourth-order valence-corrected chi connectivity index (χ4v) is 2.13. The van der Waals surface area contributed by atoms with E-state index in [-0.39, 0.29) is 18.0 Å². The molecule has 0 saturated heterocycles. The minimum absolute atomic E-state index is 0.0415. The van der Waals surface area contributed by atoms with Gasteiger partial charge in [-0.3, -0.25) is 4.79 Å². The average Bonchev–Trinajstić information content (AvgIpc) is 2.65. The number of para-hydroxylation sites is 1. The summed E-state index contributed by atoms with van der Waals surface area (Å²) in [5.41, 5.74) is 1.61. The number of rotatable bonds is 6. The predicted molar refractivity (Wildman–Crippen MR) is 92.7 cm³/mol. The van der Waals surface area contributed by atoms with E-state index in [1.807, 2.05) is 0 Å². The molecule has 130 valence electrons. The van der Waals surface area contributed by atoms with Gasteiger partial charge in [-0.25, -0.2) is 9.59 Å². The van der Waals surface area contributed by atoms with Gasteiger partial charge in [-0.05, 0) is 30.3 Å². The Labute approximate surface area is 144 Å². The first kappa shape index (κ1) is 18.0. The van der Waals surface area contributed by atoms with Crippen LogP contribution in [0.4, 0.5) is 11.4 Å². The van der Waals surface area contributed by atoms with Gasteiger partial charge in [0.1, 0.15) is 0 Å². The van der Waals surface area contributed by atoms with Crippen molar-refractivity contribution in [3.8, 4) is 0 Å². The van der Waals surface area contributed by atoms with Crippen LogP contribution in [0, 0.1) is 0 Å². The monoisotopic (exact) mass is 342 g/mol. The van der Waals surface area contributed by atoms with E-state index >= 15 is 0 Å². The third-order valence-electron chi connectivity index (χ3n) is 3.34. The lowest BCUT2D eigenvalue weighted by molar-refractivity contribution is -0.114. The van der Waals surface area contributed by atoms with Crippen molar-refractivity contribution in [1.82, 2.24) is 0 Å². The fraction of sp³-hybridized carbons (Fsp3) is 0.167. The van der Waals surface area contributed by atoms with Gasteiger partial charge < -0.3 is 20.1 Å². The Kier molecular flexibility index (Phi) is 6.11. The van der Waals surface area contributed by atoms with Crippen molar-refractivity contribution in [1.29, 1.82) is 0 Å². The molecule has 0 saturated carbocycles. The van der Waals surface area contributed by atoms with Crippen LogP contribution in [0.2, 0.25) is 0 Å². The third-order valence-corrected chi connectivity index (χ3v) is 3.34. The Morgan fingerprint density at radius 1 is 0.920 bits per heavy atom. The number of hydrogen-bond donors (Lipinski definition) is 2. The molecule has 0 atom stereocenters. The van der Waals surface area contributed by atoms with Crippen LogP contribution in [0.1, 0.15) is 20.7 Å². The lowest BCUT2D eigenvalue weighted by Crippen LogP contribution is -2.23. The molecule has 0 aliphatic rings. The van der Waals surface area contributed by atoms with Crippen LogP contribution in [0.25, 0.3) is 0 Å². The molecule has 2 aromatic carbocycles. The minimum Gasteiger partial charge on any atom is -0.465 e. The van der Waals surface area contributed by atoms with Gasteiger partial charge in [0, 0.05) is 5.69 Å². The molecule has 2 aromatic rings. The van der Waals surface area contributed by atoms with Gasteiger partial charge in [0.15, 0.2) is 0 Å². The number of amides is 1. The van der Waals surface area contributed by atoms with Crippen LogP contribution < -0.4 is 10.6 Å². The number of anilines is 2. The van der Waals surface area contributed by atoms with E-state index < -0.39 is 11.9 Å². The first-order valence-electron chi connectivity index (χ1n) is 7.44. The summed E-state index contributed by atoms with van der Waals surface area (Å²) in [5.74, 6) is -1.34. The van der Waals surface area contributed by atoms with E-state index in [2.05, 4.69) is 20.1 Å². The second-order valence-electron chi connectivity index (χ2n) is 5.01. The molecule has 2 rings (SSSR count). The number of methoxy groups -OCH3 is 2. The summed E-state index contributed by atoms with van der Waals surface area (Å²) in [6, 6.07) is 13.2. The molecule has 7 nitrogen and oxygen atoms in total. The highest BCUT2D eigenvalue weighted by atomic mass is 16.5. The lowest BCUT2D eigenvalue weighted by atomic mass is 10.2. The van der Waals surface area contributed by atoms with Crippen molar-refractivity contribution >= 4 is 29.2 Å². The second kappa shape index (κ2) is 8.49. The molecule has 25 heavy (non-hydrogen) atoms.